The summed E-state index contributed by atoms with van der Waals surface area (Å²) in [5.74, 6) is -1.42. The first-order chi connectivity index (χ1) is 16.5. The number of alkyl halides is 3. The van der Waals surface area contributed by atoms with Gasteiger partial charge < -0.3 is 15.2 Å². The molecule has 0 saturated heterocycles. The van der Waals surface area contributed by atoms with Crippen LogP contribution in [0.3, 0.4) is 0 Å². The Morgan fingerprint density at radius 3 is 2.57 bits per heavy atom. The normalized spacial score (nSPS) is 11.4. The maximum absolute atomic E-state index is 13.2. The molecule has 4 rings (SSSR count). The molecule has 2 N–H and O–H groups in total. The third-order valence-electron chi connectivity index (χ3n) is 4.75. The molecule has 0 saturated carbocycles. The monoisotopic (exact) mass is 504 g/mol. The molecule has 180 valence electrons. The number of halogens is 4. The van der Waals surface area contributed by atoms with Gasteiger partial charge in [-0.25, -0.2) is 19.4 Å². The molecular formula is C22H16ClF3N6O3. The van der Waals surface area contributed by atoms with Crippen LogP contribution < -0.4 is 10.1 Å². The highest BCUT2D eigenvalue weighted by atomic mass is 35.5. The molecule has 0 aliphatic carbocycles. The summed E-state index contributed by atoms with van der Waals surface area (Å²) in [6.07, 6.45) is -0.950. The van der Waals surface area contributed by atoms with E-state index < -0.39 is 17.8 Å². The third kappa shape index (κ3) is 5.17. The second-order valence-corrected chi connectivity index (χ2v) is 7.74. The van der Waals surface area contributed by atoms with Crippen LogP contribution in [0.5, 0.6) is 5.88 Å². The first-order valence-corrected chi connectivity index (χ1v) is 10.2. The van der Waals surface area contributed by atoms with Crippen molar-refractivity contribution >= 4 is 29.2 Å². The van der Waals surface area contributed by atoms with Gasteiger partial charge in [0.1, 0.15) is 5.56 Å². The number of anilines is 2. The molecule has 35 heavy (non-hydrogen) atoms. The molecule has 0 unspecified atom stereocenters. The first kappa shape index (κ1) is 24.0. The van der Waals surface area contributed by atoms with Crippen LogP contribution in [0, 0.1) is 6.92 Å². The lowest BCUT2D eigenvalue weighted by Crippen LogP contribution is -2.10. The second kappa shape index (κ2) is 9.22. The zero-order valence-corrected chi connectivity index (χ0v) is 18.9. The number of rotatable bonds is 6. The van der Waals surface area contributed by atoms with Crippen LogP contribution in [0.15, 0.2) is 48.9 Å². The molecule has 0 amide bonds. The van der Waals surface area contributed by atoms with Crippen molar-refractivity contribution in [3.8, 4) is 22.8 Å². The first-order valence-electron chi connectivity index (χ1n) is 9.87. The van der Waals surface area contributed by atoms with Crippen molar-refractivity contribution in [1.29, 1.82) is 0 Å². The number of carbonyl (C=O) groups is 1. The van der Waals surface area contributed by atoms with E-state index in [1.807, 2.05) is 6.92 Å². The molecule has 0 atom stereocenters. The number of pyridine rings is 1. The fourth-order valence-corrected chi connectivity index (χ4v) is 3.55. The minimum atomic E-state index is -4.67. The Kier molecular flexibility index (Phi) is 6.31. The number of ether oxygens (including phenoxy) is 1. The molecule has 0 aliphatic heterocycles. The van der Waals surface area contributed by atoms with E-state index in [4.69, 9.17) is 16.3 Å². The Morgan fingerprint density at radius 1 is 1.17 bits per heavy atom. The molecule has 0 bridgehead atoms. The van der Waals surface area contributed by atoms with E-state index in [1.54, 1.807) is 18.2 Å². The minimum absolute atomic E-state index is 0.0416. The van der Waals surface area contributed by atoms with E-state index in [0.29, 0.717) is 10.7 Å². The number of aromatic nitrogens is 5. The largest absolute Gasteiger partial charge is 0.480 e. The number of benzene rings is 1. The van der Waals surface area contributed by atoms with Gasteiger partial charge in [0, 0.05) is 40.4 Å². The smallest absolute Gasteiger partial charge is 0.435 e. The summed E-state index contributed by atoms with van der Waals surface area (Å²) in [7, 11) is 1.27. The van der Waals surface area contributed by atoms with E-state index in [2.05, 4.69) is 25.4 Å². The Bertz CT molecular complexity index is 1400. The van der Waals surface area contributed by atoms with Gasteiger partial charge in [-0.2, -0.15) is 23.3 Å². The number of methoxy groups -OCH3 is 1. The van der Waals surface area contributed by atoms with Crippen molar-refractivity contribution in [1.82, 2.24) is 24.7 Å². The van der Waals surface area contributed by atoms with E-state index in [1.165, 1.54) is 25.6 Å². The summed E-state index contributed by atoms with van der Waals surface area (Å²) in [5, 5.41) is 16.5. The van der Waals surface area contributed by atoms with E-state index >= 15 is 0 Å². The molecular weight excluding hydrogens is 489 g/mol. The lowest BCUT2D eigenvalue weighted by molar-refractivity contribution is -0.141. The minimum Gasteiger partial charge on any atom is -0.480 e. The van der Waals surface area contributed by atoms with Gasteiger partial charge in [0.05, 0.1) is 7.11 Å². The van der Waals surface area contributed by atoms with E-state index in [9.17, 15) is 23.1 Å². The summed E-state index contributed by atoms with van der Waals surface area (Å²) in [5.41, 5.74) is 0.471. The predicted molar refractivity (Wildman–Crippen MR) is 120 cm³/mol. The number of nitrogens with zero attached hydrogens (tertiary/aromatic N) is 5. The van der Waals surface area contributed by atoms with Gasteiger partial charge in [-0.3, -0.25) is 0 Å². The molecule has 4 aromatic rings. The molecule has 3 heterocycles. The van der Waals surface area contributed by atoms with Crippen molar-refractivity contribution in [3.05, 3.63) is 70.8 Å². The summed E-state index contributed by atoms with van der Waals surface area (Å²) in [6.45, 7) is 1.84. The second-order valence-electron chi connectivity index (χ2n) is 7.30. The topological polar surface area (TPSA) is 115 Å². The Hall–Kier alpha value is -4.19. The van der Waals surface area contributed by atoms with Crippen LogP contribution in [0.1, 0.15) is 21.6 Å². The zero-order valence-electron chi connectivity index (χ0n) is 18.1. The van der Waals surface area contributed by atoms with Crippen LogP contribution in [0.25, 0.3) is 16.9 Å². The number of nitrogens with one attached hydrogen (secondary N) is 1. The maximum Gasteiger partial charge on any atom is 0.435 e. The number of carboxylic acids is 1. The quantitative estimate of drug-likeness (QED) is 0.370. The number of hydrogen-bond donors (Lipinski definition) is 2. The number of aromatic carboxylic acids is 1. The Balaban J connectivity index is 1.85. The number of hydrogen-bond acceptors (Lipinski definition) is 7. The van der Waals surface area contributed by atoms with Gasteiger partial charge in [-0.05, 0) is 42.8 Å². The van der Waals surface area contributed by atoms with Gasteiger partial charge in [-0.15, -0.1) is 0 Å². The fourth-order valence-electron chi connectivity index (χ4n) is 3.26. The van der Waals surface area contributed by atoms with Crippen LogP contribution in [-0.4, -0.2) is 42.9 Å². The Morgan fingerprint density at radius 2 is 1.94 bits per heavy atom. The number of aryl methyl sites for hydroxylation is 1. The predicted octanol–water partition coefficient (Wildman–Crippen LogP) is 5.16. The van der Waals surface area contributed by atoms with Crippen LogP contribution in [-0.2, 0) is 6.18 Å². The van der Waals surface area contributed by atoms with Crippen molar-refractivity contribution in [3.63, 3.8) is 0 Å². The third-order valence-corrected chi connectivity index (χ3v) is 4.97. The Labute approximate surface area is 201 Å². The summed E-state index contributed by atoms with van der Waals surface area (Å²) >= 11 is 6.09. The molecule has 0 spiro atoms. The summed E-state index contributed by atoms with van der Waals surface area (Å²) in [6, 6.07) is 7.23. The lowest BCUT2D eigenvalue weighted by Gasteiger charge is -2.13. The average molecular weight is 505 g/mol. The van der Waals surface area contributed by atoms with Crippen molar-refractivity contribution < 1.29 is 27.8 Å². The van der Waals surface area contributed by atoms with Gasteiger partial charge in [0.2, 0.25) is 11.8 Å². The molecule has 0 aliphatic rings. The fraction of sp³-hybridized carbons (Fsp3) is 0.136. The highest BCUT2D eigenvalue weighted by Gasteiger charge is 2.34. The molecule has 0 radical (unpaired) electrons. The molecule has 9 nitrogen and oxygen atoms in total. The van der Waals surface area contributed by atoms with E-state index in [0.717, 1.165) is 22.5 Å². The van der Waals surface area contributed by atoms with Crippen LogP contribution in [0.2, 0.25) is 5.02 Å². The molecule has 1 aromatic carbocycles. The highest BCUT2D eigenvalue weighted by molar-refractivity contribution is 6.30. The van der Waals surface area contributed by atoms with Crippen LogP contribution >= 0.6 is 11.6 Å². The summed E-state index contributed by atoms with van der Waals surface area (Å²) in [4.78, 5) is 24.2. The maximum atomic E-state index is 13.2. The highest BCUT2D eigenvalue weighted by Crippen LogP contribution is 2.32. The van der Waals surface area contributed by atoms with Gasteiger partial charge in [0.25, 0.3) is 0 Å². The van der Waals surface area contributed by atoms with Crippen molar-refractivity contribution in [2.24, 2.45) is 0 Å². The van der Waals surface area contributed by atoms with Gasteiger partial charge >= 0.3 is 12.1 Å². The summed E-state index contributed by atoms with van der Waals surface area (Å²) < 4.78 is 45.5. The van der Waals surface area contributed by atoms with Crippen molar-refractivity contribution in [2.75, 3.05) is 12.4 Å². The SMILES string of the molecule is COc1ncc(-c2cnc(Nc3cc(C)cc(Cl)c3)nc2-n2ccc(C(F)(F)F)n2)cc1C(=O)O. The van der Waals surface area contributed by atoms with Gasteiger partial charge in [-0.1, -0.05) is 11.6 Å². The average Bonchev–Trinajstić information content (AvgIpc) is 3.29. The molecule has 0 fully saturated rings. The lowest BCUT2D eigenvalue weighted by atomic mass is 10.1. The van der Waals surface area contributed by atoms with Crippen molar-refractivity contribution in [2.45, 2.75) is 13.1 Å². The molecule has 13 heteroatoms. The number of carboxylic acid groups (broad SMARTS) is 1. The molecule has 3 aromatic heterocycles. The standard InChI is InChI=1S/C22H16ClF3N6O3/c1-11-5-13(23)8-14(6-11)29-21-28-10-16(12-7-15(20(33)34)19(35-2)27-9-12)18(30-21)32-4-3-17(31-32)22(24,25)26/h3-10H,1-2H3,(H,33,34)(H,28,29,30). The van der Waals surface area contributed by atoms with Gasteiger partial charge in [0.15, 0.2) is 11.5 Å². The van der Waals surface area contributed by atoms with E-state index in [-0.39, 0.29) is 34.3 Å². The van der Waals surface area contributed by atoms with Crippen LogP contribution in [0.4, 0.5) is 24.8 Å². The zero-order chi connectivity index (χ0) is 25.3.